The van der Waals surface area contributed by atoms with Crippen LogP contribution in [-0.4, -0.2) is 78.4 Å². The summed E-state index contributed by atoms with van der Waals surface area (Å²) in [6, 6.07) is -0.288. The summed E-state index contributed by atoms with van der Waals surface area (Å²) in [6.45, 7) is 7.83. The molecule has 3 unspecified atom stereocenters. The molecule has 0 saturated carbocycles. The molecule has 2 rings (SSSR count). The Morgan fingerprint density at radius 1 is 1.35 bits per heavy atom. The lowest BCUT2D eigenvalue weighted by Crippen LogP contribution is -2.57. The van der Waals surface area contributed by atoms with Gasteiger partial charge >= 0.3 is 12.0 Å². The number of carboxylic acids is 1. The van der Waals surface area contributed by atoms with Crippen LogP contribution >= 0.6 is 0 Å². The molecule has 2 fully saturated rings. The van der Waals surface area contributed by atoms with Gasteiger partial charge in [-0.3, -0.25) is 9.69 Å². The summed E-state index contributed by atoms with van der Waals surface area (Å²) >= 11 is 0. The van der Waals surface area contributed by atoms with Crippen LogP contribution in [0.25, 0.3) is 0 Å². The highest BCUT2D eigenvalue weighted by Gasteiger charge is 2.36. The summed E-state index contributed by atoms with van der Waals surface area (Å²) in [5.41, 5.74) is 0. The second-order valence-electron chi connectivity index (χ2n) is 5.46. The van der Waals surface area contributed by atoms with E-state index in [1.54, 1.807) is 4.90 Å². The molecule has 3 atom stereocenters. The number of hydrogen-bond acceptors (Lipinski definition) is 4. The Kier molecular flexibility index (Phi) is 4.82. The SMILES string of the molecule is CCN1CCN(C(=O)NC2COCC2C(=O)O)CC1C. The average Bonchev–Trinajstić information content (AvgIpc) is 2.86. The predicted molar refractivity (Wildman–Crippen MR) is 72.5 cm³/mol. The predicted octanol–water partition coefficient (Wildman–Crippen LogP) is -0.178. The largest absolute Gasteiger partial charge is 0.481 e. The number of nitrogens with zero attached hydrogens (tertiary/aromatic N) is 2. The third-order valence-corrected chi connectivity index (χ3v) is 4.17. The van der Waals surface area contributed by atoms with Crippen molar-refractivity contribution in [3.05, 3.63) is 0 Å². The minimum Gasteiger partial charge on any atom is -0.481 e. The topological polar surface area (TPSA) is 82.1 Å². The van der Waals surface area contributed by atoms with Crippen molar-refractivity contribution >= 4 is 12.0 Å². The highest BCUT2D eigenvalue weighted by molar-refractivity contribution is 5.77. The Hall–Kier alpha value is -1.34. The molecule has 2 saturated heterocycles. The van der Waals surface area contributed by atoms with Crippen molar-refractivity contribution in [2.45, 2.75) is 25.9 Å². The highest BCUT2D eigenvalue weighted by atomic mass is 16.5. The van der Waals surface area contributed by atoms with Crippen LogP contribution < -0.4 is 5.32 Å². The smallest absolute Gasteiger partial charge is 0.317 e. The van der Waals surface area contributed by atoms with Crippen LogP contribution in [0.5, 0.6) is 0 Å². The maximum Gasteiger partial charge on any atom is 0.317 e. The third-order valence-electron chi connectivity index (χ3n) is 4.17. The third kappa shape index (κ3) is 3.21. The lowest BCUT2D eigenvalue weighted by molar-refractivity contribution is -0.142. The summed E-state index contributed by atoms with van der Waals surface area (Å²) in [4.78, 5) is 27.3. The Morgan fingerprint density at radius 3 is 2.70 bits per heavy atom. The Labute approximate surface area is 118 Å². The lowest BCUT2D eigenvalue weighted by Gasteiger charge is -2.39. The van der Waals surface area contributed by atoms with Crippen LogP contribution in [0, 0.1) is 5.92 Å². The van der Waals surface area contributed by atoms with Crippen LogP contribution in [-0.2, 0) is 9.53 Å². The fraction of sp³-hybridized carbons (Fsp3) is 0.846. The van der Waals surface area contributed by atoms with Gasteiger partial charge in [0.05, 0.1) is 19.3 Å². The van der Waals surface area contributed by atoms with Gasteiger partial charge in [-0.25, -0.2) is 4.79 Å². The highest BCUT2D eigenvalue weighted by Crippen LogP contribution is 2.15. The van der Waals surface area contributed by atoms with Crippen LogP contribution in [0.3, 0.4) is 0 Å². The molecule has 0 spiro atoms. The van der Waals surface area contributed by atoms with Crippen LogP contribution in [0.1, 0.15) is 13.8 Å². The molecular formula is C13H23N3O4. The maximum absolute atomic E-state index is 12.2. The van der Waals surface area contributed by atoms with Gasteiger partial charge in [-0.2, -0.15) is 0 Å². The standard InChI is InChI=1S/C13H23N3O4/c1-3-15-4-5-16(6-9(15)2)13(19)14-11-8-20-7-10(11)12(17)18/h9-11H,3-8H2,1-2H3,(H,14,19)(H,17,18). The zero-order valence-electron chi connectivity index (χ0n) is 12.0. The maximum atomic E-state index is 12.2. The van der Waals surface area contributed by atoms with Gasteiger partial charge < -0.3 is 20.1 Å². The van der Waals surface area contributed by atoms with Crippen molar-refractivity contribution in [1.29, 1.82) is 0 Å². The number of ether oxygens (including phenoxy) is 1. The zero-order chi connectivity index (χ0) is 14.7. The Morgan fingerprint density at radius 2 is 2.10 bits per heavy atom. The van der Waals surface area contributed by atoms with Crippen molar-refractivity contribution in [3.8, 4) is 0 Å². The number of amides is 2. The number of aliphatic carboxylic acids is 1. The quantitative estimate of drug-likeness (QED) is 0.752. The van der Waals surface area contributed by atoms with Gasteiger partial charge in [0.25, 0.3) is 0 Å². The number of rotatable bonds is 3. The number of nitrogens with one attached hydrogen (secondary N) is 1. The first-order valence-electron chi connectivity index (χ1n) is 7.13. The van der Waals surface area contributed by atoms with Gasteiger partial charge in [0, 0.05) is 25.7 Å². The molecule has 2 N–H and O–H groups in total. The summed E-state index contributed by atoms with van der Waals surface area (Å²) in [7, 11) is 0. The monoisotopic (exact) mass is 285 g/mol. The normalized spacial score (nSPS) is 31.3. The molecular weight excluding hydrogens is 262 g/mol. The summed E-state index contributed by atoms with van der Waals surface area (Å²) in [6.07, 6.45) is 0. The number of likely N-dealkylation sites (N-methyl/N-ethyl adjacent to an activating group) is 1. The summed E-state index contributed by atoms with van der Waals surface area (Å²) < 4.78 is 5.15. The second-order valence-corrected chi connectivity index (χ2v) is 5.46. The van der Waals surface area contributed by atoms with Gasteiger partial charge in [-0.05, 0) is 13.5 Å². The van der Waals surface area contributed by atoms with Crippen LogP contribution in [0.2, 0.25) is 0 Å². The van der Waals surface area contributed by atoms with E-state index in [9.17, 15) is 9.59 Å². The van der Waals surface area contributed by atoms with Crippen molar-refractivity contribution in [2.75, 3.05) is 39.4 Å². The van der Waals surface area contributed by atoms with Gasteiger partial charge in [0.2, 0.25) is 0 Å². The molecule has 2 heterocycles. The molecule has 7 nitrogen and oxygen atoms in total. The average molecular weight is 285 g/mol. The van der Waals surface area contributed by atoms with Crippen molar-refractivity contribution < 1.29 is 19.4 Å². The molecule has 2 aliphatic rings. The first-order chi connectivity index (χ1) is 9.52. The Bertz CT molecular complexity index is 377. The lowest BCUT2D eigenvalue weighted by atomic mass is 10.0. The Balaban J connectivity index is 1.87. The van der Waals surface area contributed by atoms with Crippen molar-refractivity contribution in [3.63, 3.8) is 0 Å². The number of carbonyl (C=O) groups excluding carboxylic acids is 1. The number of hydrogen-bond donors (Lipinski definition) is 2. The van der Waals surface area contributed by atoms with Crippen LogP contribution in [0.4, 0.5) is 4.79 Å². The van der Waals surface area contributed by atoms with Gasteiger partial charge in [-0.1, -0.05) is 6.92 Å². The zero-order valence-corrected chi connectivity index (χ0v) is 12.0. The summed E-state index contributed by atoms with van der Waals surface area (Å²) in [5.74, 6) is -1.56. The van der Waals surface area contributed by atoms with E-state index in [0.29, 0.717) is 19.1 Å². The van der Waals surface area contributed by atoms with E-state index in [1.807, 2.05) is 0 Å². The van der Waals surface area contributed by atoms with E-state index in [2.05, 4.69) is 24.1 Å². The van der Waals surface area contributed by atoms with Gasteiger partial charge in [0.15, 0.2) is 0 Å². The fourth-order valence-corrected chi connectivity index (χ4v) is 2.84. The second kappa shape index (κ2) is 6.41. The molecule has 7 heteroatoms. The minimum atomic E-state index is -0.919. The first-order valence-corrected chi connectivity index (χ1v) is 7.13. The number of carbonyl (C=O) groups is 2. The molecule has 0 aliphatic carbocycles. The van der Waals surface area contributed by atoms with Gasteiger partial charge in [-0.15, -0.1) is 0 Å². The molecule has 2 amide bonds. The van der Waals surface area contributed by atoms with Crippen molar-refractivity contribution in [2.24, 2.45) is 5.92 Å². The molecule has 20 heavy (non-hydrogen) atoms. The number of urea groups is 1. The summed E-state index contributed by atoms with van der Waals surface area (Å²) in [5, 5.41) is 11.9. The van der Waals surface area contributed by atoms with E-state index in [-0.39, 0.29) is 19.2 Å². The molecule has 114 valence electrons. The first kappa shape index (κ1) is 15.1. The fourth-order valence-electron chi connectivity index (χ4n) is 2.84. The molecule has 2 aliphatic heterocycles. The van der Waals surface area contributed by atoms with E-state index < -0.39 is 17.9 Å². The van der Waals surface area contributed by atoms with E-state index >= 15 is 0 Å². The van der Waals surface area contributed by atoms with E-state index in [0.717, 1.165) is 13.1 Å². The number of piperazine rings is 1. The van der Waals surface area contributed by atoms with Crippen LogP contribution in [0.15, 0.2) is 0 Å². The molecule has 0 aromatic heterocycles. The van der Waals surface area contributed by atoms with Gasteiger partial charge in [0.1, 0.15) is 5.92 Å². The molecule has 0 bridgehead atoms. The van der Waals surface area contributed by atoms with E-state index in [4.69, 9.17) is 9.84 Å². The van der Waals surface area contributed by atoms with Crippen molar-refractivity contribution in [1.82, 2.24) is 15.1 Å². The number of carboxylic acid groups (broad SMARTS) is 1. The molecule has 0 aromatic carbocycles. The molecule has 0 radical (unpaired) electrons. The van der Waals surface area contributed by atoms with E-state index in [1.165, 1.54) is 0 Å². The molecule has 0 aromatic rings. The minimum absolute atomic E-state index is 0.167.